The first kappa shape index (κ1) is 22.4. The zero-order valence-corrected chi connectivity index (χ0v) is 19.0. The standard InChI is InChI=1S/C25H32N4O3/c1-20-7-9-21(10-8-20)18-27-15-11-25(12-16-27)23(30)28(19-22-6-3-4-13-26-22)24(31)29(25)14-5-17-32-2/h3-4,6-10,13H,5,11-12,14-19H2,1-2H3. The zero-order valence-electron chi connectivity index (χ0n) is 19.0. The molecule has 4 rings (SSSR count). The number of pyridine rings is 1. The summed E-state index contributed by atoms with van der Waals surface area (Å²) in [4.78, 5) is 36.9. The van der Waals surface area contributed by atoms with Crippen molar-refractivity contribution in [2.45, 2.75) is 44.8 Å². The number of methoxy groups -OCH3 is 1. The molecule has 170 valence electrons. The lowest BCUT2D eigenvalue weighted by atomic mass is 9.85. The smallest absolute Gasteiger partial charge is 0.328 e. The Balaban J connectivity index is 1.49. The van der Waals surface area contributed by atoms with Crippen molar-refractivity contribution < 1.29 is 14.3 Å². The molecule has 0 atom stereocenters. The van der Waals surface area contributed by atoms with Crippen LogP contribution in [-0.4, -0.2) is 70.5 Å². The number of piperidine rings is 1. The number of likely N-dealkylation sites (tertiary alicyclic amines) is 1. The summed E-state index contributed by atoms with van der Waals surface area (Å²) < 4.78 is 5.20. The van der Waals surface area contributed by atoms with Crippen LogP contribution in [-0.2, 0) is 22.6 Å². The number of carbonyl (C=O) groups excluding carboxylic acids is 2. The summed E-state index contributed by atoms with van der Waals surface area (Å²) in [7, 11) is 1.66. The van der Waals surface area contributed by atoms with Crippen molar-refractivity contribution in [3.05, 3.63) is 65.5 Å². The minimum Gasteiger partial charge on any atom is -0.385 e. The van der Waals surface area contributed by atoms with Gasteiger partial charge in [0.25, 0.3) is 5.91 Å². The van der Waals surface area contributed by atoms with Crippen molar-refractivity contribution in [3.63, 3.8) is 0 Å². The van der Waals surface area contributed by atoms with Gasteiger partial charge in [0.05, 0.1) is 12.2 Å². The van der Waals surface area contributed by atoms with Crippen LogP contribution in [0.5, 0.6) is 0 Å². The van der Waals surface area contributed by atoms with Crippen molar-refractivity contribution in [2.75, 3.05) is 33.4 Å². The van der Waals surface area contributed by atoms with E-state index in [9.17, 15) is 9.59 Å². The number of hydrogen-bond donors (Lipinski definition) is 0. The van der Waals surface area contributed by atoms with Crippen LogP contribution in [0.25, 0.3) is 0 Å². The lowest BCUT2D eigenvalue weighted by Crippen LogP contribution is -2.56. The van der Waals surface area contributed by atoms with E-state index in [0.717, 1.165) is 25.3 Å². The summed E-state index contributed by atoms with van der Waals surface area (Å²) in [6.07, 6.45) is 3.70. The van der Waals surface area contributed by atoms with Crippen LogP contribution in [0.15, 0.2) is 48.7 Å². The maximum absolute atomic E-state index is 13.6. The second-order valence-corrected chi connectivity index (χ2v) is 8.79. The molecule has 3 amide bonds. The van der Waals surface area contributed by atoms with Crippen molar-refractivity contribution in [1.82, 2.24) is 19.7 Å². The maximum Gasteiger partial charge on any atom is 0.328 e. The van der Waals surface area contributed by atoms with Gasteiger partial charge in [-0.3, -0.25) is 19.6 Å². The Bertz CT molecular complexity index is 924. The van der Waals surface area contributed by atoms with E-state index >= 15 is 0 Å². The SMILES string of the molecule is COCCCN1C(=O)N(Cc2ccccn2)C(=O)C12CCN(Cc1ccc(C)cc1)CC2. The fourth-order valence-electron chi connectivity index (χ4n) is 4.77. The Morgan fingerprint density at radius 3 is 2.44 bits per heavy atom. The van der Waals surface area contributed by atoms with Gasteiger partial charge in [-0.15, -0.1) is 0 Å². The van der Waals surface area contributed by atoms with E-state index in [0.29, 0.717) is 32.4 Å². The Labute approximate surface area is 190 Å². The van der Waals surface area contributed by atoms with Crippen molar-refractivity contribution in [3.8, 4) is 0 Å². The molecule has 32 heavy (non-hydrogen) atoms. The normalized spacial score (nSPS) is 18.7. The van der Waals surface area contributed by atoms with E-state index in [1.807, 2.05) is 18.2 Å². The molecule has 2 aromatic rings. The Morgan fingerprint density at radius 1 is 1.03 bits per heavy atom. The second-order valence-electron chi connectivity index (χ2n) is 8.79. The lowest BCUT2D eigenvalue weighted by molar-refractivity contribution is -0.136. The van der Waals surface area contributed by atoms with Crippen LogP contribution < -0.4 is 0 Å². The predicted octanol–water partition coefficient (Wildman–Crippen LogP) is 3.23. The lowest BCUT2D eigenvalue weighted by Gasteiger charge is -2.42. The number of nitrogens with zero attached hydrogens (tertiary/aromatic N) is 4. The number of urea groups is 1. The third-order valence-electron chi connectivity index (χ3n) is 6.61. The third kappa shape index (κ3) is 4.54. The summed E-state index contributed by atoms with van der Waals surface area (Å²) in [5.41, 5.74) is 2.48. The molecule has 2 saturated heterocycles. The van der Waals surface area contributed by atoms with Crippen molar-refractivity contribution in [1.29, 1.82) is 0 Å². The van der Waals surface area contributed by atoms with Gasteiger partial charge in [0.15, 0.2) is 0 Å². The molecule has 0 saturated carbocycles. The summed E-state index contributed by atoms with van der Waals surface area (Å²) in [6.45, 7) is 5.82. The molecular formula is C25H32N4O3. The number of aryl methyl sites for hydroxylation is 1. The molecule has 0 N–H and O–H groups in total. The van der Waals surface area contributed by atoms with Crippen LogP contribution in [0.1, 0.15) is 36.1 Å². The van der Waals surface area contributed by atoms with E-state index in [1.165, 1.54) is 16.0 Å². The largest absolute Gasteiger partial charge is 0.385 e. The summed E-state index contributed by atoms with van der Waals surface area (Å²) in [6, 6.07) is 13.9. The quantitative estimate of drug-likeness (QED) is 0.470. The number of benzene rings is 1. The Kier molecular flexibility index (Phi) is 6.86. The molecule has 0 aliphatic carbocycles. The van der Waals surface area contributed by atoms with Gasteiger partial charge in [0.2, 0.25) is 0 Å². The molecule has 7 nitrogen and oxygen atoms in total. The number of carbonyl (C=O) groups is 2. The number of rotatable bonds is 8. The molecule has 0 unspecified atom stereocenters. The highest BCUT2D eigenvalue weighted by atomic mass is 16.5. The summed E-state index contributed by atoms with van der Waals surface area (Å²) in [5.74, 6) is -0.0828. The minimum atomic E-state index is -0.761. The number of aromatic nitrogens is 1. The van der Waals surface area contributed by atoms with E-state index in [-0.39, 0.29) is 18.5 Å². The van der Waals surface area contributed by atoms with E-state index < -0.39 is 5.54 Å². The van der Waals surface area contributed by atoms with Crippen molar-refractivity contribution in [2.24, 2.45) is 0 Å². The highest BCUT2D eigenvalue weighted by Gasteiger charge is 2.57. The first-order valence-electron chi connectivity index (χ1n) is 11.3. The highest BCUT2D eigenvalue weighted by molar-refractivity contribution is 6.07. The second kappa shape index (κ2) is 9.79. The van der Waals surface area contributed by atoms with Gasteiger partial charge in [0, 0.05) is 46.1 Å². The average molecular weight is 437 g/mol. The van der Waals surface area contributed by atoms with Gasteiger partial charge in [-0.25, -0.2) is 4.79 Å². The van der Waals surface area contributed by atoms with Crippen LogP contribution in [0, 0.1) is 6.92 Å². The molecule has 1 aromatic carbocycles. The molecule has 2 aliphatic rings. The van der Waals surface area contributed by atoms with Gasteiger partial charge >= 0.3 is 6.03 Å². The molecule has 7 heteroatoms. The van der Waals surface area contributed by atoms with Gasteiger partial charge in [0.1, 0.15) is 5.54 Å². The molecule has 2 aliphatic heterocycles. The van der Waals surface area contributed by atoms with E-state index in [2.05, 4.69) is 41.1 Å². The molecule has 1 aromatic heterocycles. The molecule has 2 fully saturated rings. The fraction of sp³-hybridized carbons (Fsp3) is 0.480. The molecular weight excluding hydrogens is 404 g/mol. The number of amides is 3. The van der Waals surface area contributed by atoms with E-state index in [4.69, 9.17) is 4.74 Å². The topological polar surface area (TPSA) is 66.0 Å². The average Bonchev–Trinajstić information content (AvgIpc) is 2.99. The maximum atomic E-state index is 13.6. The van der Waals surface area contributed by atoms with Gasteiger partial charge in [-0.1, -0.05) is 35.9 Å². The monoisotopic (exact) mass is 436 g/mol. The number of ether oxygens (including phenoxy) is 1. The van der Waals surface area contributed by atoms with Crippen LogP contribution in [0.3, 0.4) is 0 Å². The molecule has 0 bridgehead atoms. The summed E-state index contributed by atoms with van der Waals surface area (Å²) >= 11 is 0. The third-order valence-corrected chi connectivity index (χ3v) is 6.61. The Morgan fingerprint density at radius 2 is 1.78 bits per heavy atom. The van der Waals surface area contributed by atoms with Crippen LogP contribution in [0.2, 0.25) is 0 Å². The van der Waals surface area contributed by atoms with E-state index in [1.54, 1.807) is 18.2 Å². The van der Waals surface area contributed by atoms with Crippen LogP contribution >= 0.6 is 0 Å². The van der Waals surface area contributed by atoms with Crippen molar-refractivity contribution >= 4 is 11.9 Å². The zero-order chi connectivity index (χ0) is 22.6. The highest BCUT2D eigenvalue weighted by Crippen LogP contribution is 2.38. The number of imide groups is 1. The van der Waals surface area contributed by atoms with Gasteiger partial charge < -0.3 is 9.64 Å². The first-order valence-corrected chi connectivity index (χ1v) is 11.3. The molecule has 1 spiro atoms. The predicted molar refractivity (Wildman–Crippen MR) is 122 cm³/mol. The van der Waals surface area contributed by atoms with Gasteiger partial charge in [-0.2, -0.15) is 0 Å². The van der Waals surface area contributed by atoms with Gasteiger partial charge in [-0.05, 0) is 43.9 Å². The Hall–Kier alpha value is -2.77. The number of hydrogen-bond acceptors (Lipinski definition) is 5. The molecule has 3 heterocycles. The fourth-order valence-corrected chi connectivity index (χ4v) is 4.77. The first-order chi connectivity index (χ1) is 15.5. The van der Waals surface area contributed by atoms with Crippen LogP contribution in [0.4, 0.5) is 4.79 Å². The summed E-state index contributed by atoms with van der Waals surface area (Å²) in [5, 5.41) is 0. The minimum absolute atomic E-state index is 0.0828. The molecule has 0 radical (unpaired) electrons.